The Kier molecular flexibility index (Phi) is 6.08. The zero-order valence-corrected chi connectivity index (χ0v) is 13.4. The Balaban J connectivity index is 2.35. The summed E-state index contributed by atoms with van der Waals surface area (Å²) >= 11 is 0. The Morgan fingerprint density at radius 3 is 2.71 bits per heavy atom. The van der Waals surface area contributed by atoms with Crippen LogP contribution >= 0.6 is 0 Å². The van der Waals surface area contributed by atoms with Gasteiger partial charge in [-0.15, -0.1) is 0 Å². The lowest BCUT2D eigenvalue weighted by molar-refractivity contribution is -0.0549. The summed E-state index contributed by atoms with van der Waals surface area (Å²) in [5.41, 5.74) is 6.44. The van der Waals surface area contributed by atoms with Gasteiger partial charge in [0, 0.05) is 18.4 Å². The first-order chi connectivity index (χ1) is 11.4. The smallest absolute Gasteiger partial charge is 0.351 e. The molecule has 0 unspecified atom stereocenters. The Bertz CT molecular complexity index is 659. The van der Waals surface area contributed by atoms with Gasteiger partial charge in [-0.1, -0.05) is 11.6 Å². The molecule has 9 nitrogen and oxygen atoms in total. The van der Waals surface area contributed by atoms with E-state index >= 15 is 0 Å². The maximum atomic E-state index is 12.1. The molecule has 1 aliphatic rings. The zero-order valence-electron chi connectivity index (χ0n) is 13.4. The number of rotatable bonds is 6. The van der Waals surface area contributed by atoms with Crippen LogP contribution in [-0.2, 0) is 4.74 Å². The summed E-state index contributed by atoms with van der Waals surface area (Å²) in [6, 6.07) is 0. The first kappa shape index (κ1) is 18.6. The van der Waals surface area contributed by atoms with Crippen molar-refractivity contribution >= 4 is 11.9 Å². The highest BCUT2D eigenvalue weighted by Gasteiger charge is 2.43. The number of aliphatic hydroxyl groups excluding tert-OH is 4. The normalized spacial score (nSPS) is 27.6. The van der Waals surface area contributed by atoms with Gasteiger partial charge in [0.2, 0.25) is 0 Å². The topological polar surface area (TPSA) is 151 Å². The van der Waals surface area contributed by atoms with Crippen molar-refractivity contribution in [3.63, 3.8) is 0 Å². The second kappa shape index (κ2) is 7.86. The molecule has 1 fully saturated rings. The number of hydrogen-bond acceptors (Lipinski definition) is 8. The van der Waals surface area contributed by atoms with Gasteiger partial charge in [0.05, 0.1) is 6.61 Å². The van der Waals surface area contributed by atoms with Crippen molar-refractivity contribution in [3.8, 4) is 0 Å². The van der Waals surface area contributed by atoms with Crippen molar-refractivity contribution in [2.24, 2.45) is 0 Å². The summed E-state index contributed by atoms with van der Waals surface area (Å²) in [7, 11) is 0. The van der Waals surface area contributed by atoms with Gasteiger partial charge < -0.3 is 30.9 Å². The van der Waals surface area contributed by atoms with Gasteiger partial charge in [0.25, 0.3) is 0 Å². The number of aliphatic hydroxyl groups is 4. The minimum absolute atomic E-state index is 0.0336. The van der Waals surface area contributed by atoms with Crippen LogP contribution in [0.15, 0.2) is 16.6 Å². The number of nitrogen functional groups attached to an aromatic ring is 1. The molecule has 1 aliphatic heterocycles. The molecule has 0 saturated carbocycles. The third-order valence-corrected chi connectivity index (χ3v) is 3.93. The van der Waals surface area contributed by atoms with Crippen molar-refractivity contribution in [1.82, 2.24) is 9.55 Å². The fraction of sp³-hybridized carbons (Fsp3) is 0.600. The number of hydrogen-bond donors (Lipinski definition) is 5. The maximum absolute atomic E-state index is 12.1. The second-order valence-electron chi connectivity index (χ2n) is 5.82. The summed E-state index contributed by atoms with van der Waals surface area (Å²) in [5, 5.41) is 37.9. The molecule has 0 radical (unpaired) electrons. The molecule has 2 heterocycles. The molecule has 0 aromatic carbocycles. The Labute approximate surface area is 138 Å². The number of nitrogens with zero attached hydrogens (tertiary/aromatic N) is 2. The molecule has 0 amide bonds. The molecular weight excluding hydrogens is 318 g/mol. The number of anilines is 1. The lowest BCUT2D eigenvalue weighted by atomic mass is 10.1. The van der Waals surface area contributed by atoms with Crippen LogP contribution in [0.5, 0.6) is 0 Å². The molecule has 1 aromatic rings. The van der Waals surface area contributed by atoms with E-state index in [1.165, 1.54) is 6.20 Å². The quantitative estimate of drug-likeness (QED) is 0.424. The standard InChI is InChI=1S/C15H23N3O6/c1-8(3-2-4-19)5-9-6-18(15(23)17-13(9)16)14-12(22)11(21)10(7-20)24-14/h5-6,10-12,14,19-22H,2-4,7H2,1H3,(H2,16,17,23)/t10-,11-,12+,14-/m1/s1. The van der Waals surface area contributed by atoms with E-state index in [9.17, 15) is 15.0 Å². The van der Waals surface area contributed by atoms with Gasteiger partial charge in [-0.25, -0.2) is 4.79 Å². The van der Waals surface area contributed by atoms with Crippen molar-refractivity contribution in [2.75, 3.05) is 18.9 Å². The summed E-state index contributed by atoms with van der Waals surface area (Å²) in [4.78, 5) is 15.8. The molecule has 134 valence electrons. The molecule has 24 heavy (non-hydrogen) atoms. The van der Waals surface area contributed by atoms with E-state index in [2.05, 4.69) is 4.98 Å². The van der Waals surface area contributed by atoms with Gasteiger partial charge in [-0.3, -0.25) is 4.57 Å². The first-order valence-electron chi connectivity index (χ1n) is 7.68. The molecular formula is C15H23N3O6. The molecule has 2 rings (SSSR count). The van der Waals surface area contributed by atoms with E-state index in [-0.39, 0.29) is 12.4 Å². The van der Waals surface area contributed by atoms with Crippen LogP contribution in [0.2, 0.25) is 0 Å². The summed E-state index contributed by atoms with van der Waals surface area (Å²) in [6.45, 7) is 1.44. The maximum Gasteiger partial charge on any atom is 0.351 e. The molecule has 0 aliphatic carbocycles. The van der Waals surface area contributed by atoms with Gasteiger partial charge >= 0.3 is 5.69 Å². The van der Waals surface area contributed by atoms with Crippen molar-refractivity contribution in [1.29, 1.82) is 0 Å². The summed E-state index contributed by atoms with van der Waals surface area (Å²) in [6.07, 6.45) is -0.454. The molecule has 6 N–H and O–H groups in total. The third kappa shape index (κ3) is 3.82. The fourth-order valence-corrected chi connectivity index (χ4v) is 2.60. The monoisotopic (exact) mass is 341 g/mol. The Hall–Kier alpha value is -1.78. The Morgan fingerprint density at radius 1 is 1.42 bits per heavy atom. The van der Waals surface area contributed by atoms with E-state index < -0.39 is 36.8 Å². The third-order valence-electron chi connectivity index (χ3n) is 3.93. The minimum atomic E-state index is -1.38. The lowest BCUT2D eigenvalue weighted by Gasteiger charge is -2.18. The van der Waals surface area contributed by atoms with Crippen LogP contribution in [0.1, 0.15) is 31.6 Å². The molecule has 4 atom stereocenters. The van der Waals surface area contributed by atoms with E-state index in [0.717, 1.165) is 10.1 Å². The van der Waals surface area contributed by atoms with E-state index in [1.54, 1.807) is 6.08 Å². The van der Waals surface area contributed by atoms with Crippen LogP contribution in [0.4, 0.5) is 5.82 Å². The summed E-state index contributed by atoms with van der Waals surface area (Å²) in [5.74, 6) is 0.0336. The fourth-order valence-electron chi connectivity index (χ4n) is 2.60. The largest absolute Gasteiger partial charge is 0.396 e. The molecule has 0 bridgehead atoms. The highest BCUT2D eigenvalue weighted by atomic mass is 16.6. The van der Waals surface area contributed by atoms with Crippen LogP contribution < -0.4 is 11.4 Å². The zero-order chi connectivity index (χ0) is 17.9. The lowest BCUT2D eigenvalue weighted by Crippen LogP contribution is -2.36. The predicted octanol–water partition coefficient (Wildman–Crippen LogP) is -1.39. The highest BCUT2D eigenvalue weighted by molar-refractivity contribution is 5.61. The van der Waals surface area contributed by atoms with Crippen LogP contribution in [0.3, 0.4) is 0 Å². The number of nitrogens with two attached hydrogens (primary N) is 1. The molecule has 1 saturated heterocycles. The van der Waals surface area contributed by atoms with Crippen LogP contribution in [-0.4, -0.2) is 61.5 Å². The number of ether oxygens (including phenoxy) is 1. The minimum Gasteiger partial charge on any atom is -0.396 e. The van der Waals surface area contributed by atoms with Crippen molar-refractivity contribution in [2.45, 2.75) is 44.3 Å². The predicted molar refractivity (Wildman–Crippen MR) is 85.9 cm³/mol. The van der Waals surface area contributed by atoms with Crippen LogP contribution in [0, 0.1) is 0 Å². The number of aromatic nitrogens is 2. The average Bonchev–Trinajstić information content (AvgIpc) is 2.83. The Morgan fingerprint density at radius 2 is 2.12 bits per heavy atom. The van der Waals surface area contributed by atoms with Crippen LogP contribution in [0.25, 0.3) is 6.08 Å². The van der Waals surface area contributed by atoms with Gasteiger partial charge in [-0.2, -0.15) is 4.98 Å². The molecule has 0 spiro atoms. The second-order valence-corrected chi connectivity index (χ2v) is 5.82. The van der Waals surface area contributed by atoms with E-state index in [1.807, 2.05) is 6.92 Å². The van der Waals surface area contributed by atoms with Gasteiger partial charge in [0.1, 0.15) is 24.1 Å². The van der Waals surface area contributed by atoms with Crippen molar-refractivity contribution in [3.05, 3.63) is 27.8 Å². The van der Waals surface area contributed by atoms with E-state index in [4.69, 9.17) is 20.7 Å². The van der Waals surface area contributed by atoms with E-state index in [0.29, 0.717) is 18.4 Å². The number of allylic oxidation sites excluding steroid dienone is 1. The van der Waals surface area contributed by atoms with Crippen molar-refractivity contribution < 1.29 is 25.2 Å². The first-order valence-corrected chi connectivity index (χ1v) is 7.68. The van der Waals surface area contributed by atoms with Gasteiger partial charge in [0.15, 0.2) is 6.23 Å². The SMILES string of the molecule is CC(=Cc1cn([C@@H]2O[C@H](CO)[C@@H](O)[C@@H]2O)c(=O)nc1N)CCCO. The molecule has 1 aromatic heterocycles. The summed E-state index contributed by atoms with van der Waals surface area (Å²) < 4.78 is 6.39. The van der Waals surface area contributed by atoms with Gasteiger partial charge in [-0.05, 0) is 19.8 Å². The highest BCUT2D eigenvalue weighted by Crippen LogP contribution is 2.28. The average molecular weight is 341 g/mol. The molecule has 9 heteroatoms.